The Hall–Kier alpha value is -2.73. The number of nitrogens with zero attached hydrogens (tertiary/aromatic N) is 3. The summed E-state index contributed by atoms with van der Waals surface area (Å²) in [5.74, 6) is -0.0793. The molecule has 0 atom stereocenters. The fourth-order valence-corrected chi connectivity index (χ4v) is 2.85. The highest BCUT2D eigenvalue weighted by Crippen LogP contribution is 2.22. The zero-order valence-electron chi connectivity index (χ0n) is 13.8. The van der Waals surface area contributed by atoms with Gasteiger partial charge in [0.05, 0.1) is 23.7 Å². The summed E-state index contributed by atoms with van der Waals surface area (Å²) in [6, 6.07) is 15.8. The van der Waals surface area contributed by atoms with Crippen molar-refractivity contribution in [3.8, 4) is 22.5 Å². The van der Waals surface area contributed by atoms with Crippen molar-refractivity contribution in [2.45, 2.75) is 12.1 Å². The fourth-order valence-electron chi connectivity index (χ4n) is 2.23. The van der Waals surface area contributed by atoms with Gasteiger partial charge in [0.15, 0.2) is 5.16 Å². The number of carbonyl (C=O) groups excluding carboxylic acids is 1. The topological polar surface area (TPSA) is 65.0 Å². The minimum atomic E-state index is -0.271. The summed E-state index contributed by atoms with van der Waals surface area (Å²) in [6.07, 6.45) is 3.50. The summed E-state index contributed by atoms with van der Waals surface area (Å²) in [5.41, 5.74) is 3.66. The molecular formula is C19H17N3O2S. The molecule has 3 rings (SSSR count). The van der Waals surface area contributed by atoms with Crippen LogP contribution in [0.4, 0.5) is 0 Å². The number of carbonyl (C=O) groups is 1. The molecule has 3 aromatic rings. The van der Waals surface area contributed by atoms with E-state index in [-0.39, 0.29) is 11.7 Å². The molecule has 0 bridgehead atoms. The molecule has 0 unspecified atom stereocenters. The van der Waals surface area contributed by atoms with Crippen LogP contribution in [-0.4, -0.2) is 33.3 Å². The van der Waals surface area contributed by atoms with Gasteiger partial charge in [-0.15, -0.1) is 0 Å². The molecule has 0 amide bonds. The molecule has 0 aliphatic rings. The molecule has 6 heteroatoms. The van der Waals surface area contributed by atoms with E-state index in [9.17, 15) is 4.79 Å². The molecule has 0 N–H and O–H groups in total. The molecule has 0 spiro atoms. The van der Waals surface area contributed by atoms with Gasteiger partial charge in [-0.05, 0) is 24.6 Å². The molecule has 0 saturated heterocycles. The number of pyridine rings is 1. The Morgan fingerprint density at radius 2 is 1.84 bits per heavy atom. The summed E-state index contributed by atoms with van der Waals surface area (Å²) >= 11 is 1.25. The average Bonchev–Trinajstić information content (AvgIpc) is 2.68. The smallest absolute Gasteiger partial charge is 0.316 e. The van der Waals surface area contributed by atoms with E-state index in [1.165, 1.54) is 11.8 Å². The molecule has 2 aromatic heterocycles. The Bertz CT molecular complexity index is 839. The highest BCUT2D eigenvalue weighted by Gasteiger charge is 2.08. The van der Waals surface area contributed by atoms with Gasteiger partial charge in [0.1, 0.15) is 0 Å². The second-order valence-corrected chi connectivity index (χ2v) is 6.06. The van der Waals surface area contributed by atoms with Gasteiger partial charge < -0.3 is 4.74 Å². The molecule has 0 aliphatic carbocycles. The lowest BCUT2D eigenvalue weighted by atomic mass is 10.1. The monoisotopic (exact) mass is 351 g/mol. The third-order valence-electron chi connectivity index (χ3n) is 3.39. The standard InChI is InChI=1S/C19H17N3O2S/c1-2-24-18(23)13-25-19-20-11-10-17(22-19)16-9-8-15(12-21-16)14-6-4-3-5-7-14/h3-12H,2,13H2,1H3. The third-order valence-corrected chi connectivity index (χ3v) is 4.23. The van der Waals surface area contributed by atoms with Gasteiger partial charge >= 0.3 is 5.97 Å². The highest BCUT2D eigenvalue weighted by atomic mass is 32.2. The van der Waals surface area contributed by atoms with Crippen LogP contribution in [0, 0.1) is 0 Å². The van der Waals surface area contributed by atoms with Crippen molar-refractivity contribution in [1.82, 2.24) is 15.0 Å². The molecule has 25 heavy (non-hydrogen) atoms. The van der Waals surface area contributed by atoms with Crippen molar-refractivity contribution in [1.29, 1.82) is 0 Å². The summed E-state index contributed by atoms with van der Waals surface area (Å²) in [5, 5.41) is 0.527. The molecule has 126 valence electrons. The number of benzene rings is 1. The van der Waals surface area contributed by atoms with Crippen LogP contribution in [0.15, 0.2) is 66.1 Å². The van der Waals surface area contributed by atoms with Crippen molar-refractivity contribution in [2.24, 2.45) is 0 Å². The first-order valence-electron chi connectivity index (χ1n) is 7.89. The van der Waals surface area contributed by atoms with E-state index in [4.69, 9.17) is 4.74 Å². The van der Waals surface area contributed by atoms with E-state index >= 15 is 0 Å². The van der Waals surface area contributed by atoms with Gasteiger partial charge in [0.2, 0.25) is 0 Å². The van der Waals surface area contributed by atoms with E-state index in [0.29, 0.717) is 11.8 Å². The van der Waals surface area contributed by atoms with E-state index in [1.54, 1.807) is 19.2 Å². The summed E-state index contributed by atoms with van der Waals surface area (Å²) in [6.45, 7) is 2.16. The second kappa shape index (κ2) is 8.39. The molecule has 1 aromatic carbocycles. The van der Waals surface area contributed by atoms with Crippen LogP contribution in [0.3, 0.4) is 0 Å². The van der Waals surface area contributed by atoms with Crippen molar-refractivity contribution in [3.05, 3.63) is 60.9 Å². The first kappa shape index (κ1) is 17.1. The number of aromatic nitrogens is 3. The minimum Gasteiger partial charge on any atom is -0.465 e. The van der Waals surface area contributed by atoms with Crippen LogP contribution in [0.5, 0.6) is 0 Å². The van der Waals surface area contributed by atoms with Gasteiger partial charge in [-0.2, -0.15) is 0 Å². The Morgan fingerprint density at radius 1 is 1.00 bits per heavy atom. The zero-order valence-corrected chi connectivity index (χ0v) is 14.6. The van der Waals surface area contributed by atoms with E-state index in [0.717, 1.165) is 22.5 Å². The quantitative estimate of drug-likeness (QED) is 0.382. The Kier molecular flexibility index (Phi) is 5.74. The number of esters is 1. The number of rotatable bonds is 6. The van der Waals surface area contributed by atoms with E-state index < -0.39 is 0 Å². The van der Waals surface area contributed by atoms with Crippen LogP contribution in [-0.2, 0) is 9.53 Å². The molecule has 5 nitrogen and oxygen atoms in total. The van der Waals surface area contributed by atoms with Crippen LogP contribution < -0.4 is 0 Å². The maximum Gasteiger partial charge on any atom is 0.316 e. The van der Waals surface area contributed by atoms with Crippen molar-refractivity contribution in [3.63, 3.8) is 0 Å². The number of ether oxygens (including phenoxy) is 1. The molecular weight excluding hydrogens is 334 g/mol. The summed E-state index contributed by atoms with van der Waals surface area (Å²) < 4.78 is 4.91. The molecule has 0 radical (unpaired) electrons. The predicted molar refractivity (Wildman–Crippen MR) is 98.1 cm³/mol. The van der Waals surface area contributed by atoms with Gasteiger partial charge in [-0.3, -0.25) is 9.78 Å². The van der Waals surface area contributed by atoms with Gasteiger partial charge in [-0.1, -0.05) is 48.2 Å². The lowest BCUT2D eigenvalue weighted by Crippen LogP contribution is -2.07. The first-order chi connectivity index (χ1) is 12.3. The van der Waals surface area contributed by atoms with Gasteiger partial charge in [-0.25, -0.2) is 9.97 Å². The Labute approximate surface area is 150 Å². The van der Waals surface area contributed by atoms with Crippen molar-refractivity contribution >= 4 is 17.7 Å². The first-order valence-corrected chi connectivity index (χ1v) is 8.88. The lowest BCUT2D eigenvalue weighted by molar-refractivity contribution is -0.139. The van der Waals surface area contributed by atoms with Gasteiger partial charge in [0, 0.05) is 18.0 Å². The average molecular weight is 351 g/mol. The SMILES string of the molecule is CCOC(=O)CSc1nccc(-c2ccc(-c3ccccc3)cn2)n1. The minimum absolute atomic E-state index is 0.192. The predicted octanol–water partition coefficient (Wildman–Crippen LogP) is 3.86. The highest BCUT2D eigenvalue weighted by molar-refractivity contribution is 7.99. The zero-order chi connectivity index (χ0) is 17.5. The van der Waals surface area contributed by atoms with E-state index in [1.807, 2.05) is 48.7 Å². The van der Waals surface area contributed by atoms with Gasteiger partial charge in [0.25, 0.3) is 0 Å². The summed E-state index contributed by atoms with van der Waals surface area (Å²) in [7, 11) is 0. The van der Waals surface area contributed by atoms with Crippen LogP contribution in [0.25, 0.3) is 22.5 Å². The fraction of sp³-hybridized carbons (Fsp3) is 0.158. The largest absolute Gasteiger partial charge is 0.465 e. The van der Waals surface area contributed by atoms with Crippen molar-refractivity contribution < 1.29 is 9.53 Å². The van der Waals surface area contributed by atoms with Crippen LogP contribution in [0.2, 0.25) is 0 Å². The second-order valence-electron chi connectivity index (χ2n) is 5.12. The maximum absolute atomic E-state index is 11.4. The number of hydrogen-bond acceptors (Lipinski definition) is 6. The number of thioether (sulfide) groups is 1. The Morgan fingerprint density at radius 3 is 2.56 bits per heavy atom. The molecule has 0 aliphatic heterocycles. The Balaban J connectivity index is 1.73. The normalized spacial score (nSPS) is 10.4. The van der Waals surface area contributed by atoms with Crippen molar-refractivity contribution in [2.75, 3.05) is 12.4 Å². The van der Waals surface area contributed by atoms with Crippen LogP contribution >= 0.6 is 11.8 Å². The van der Waals surface area contributed by atoms with E-state index in [2.05, 4.69) is 15.0 Å². The molecule has 0 fully saturated rings. The summed E-state index contributed by atoms with van der Waals surface area (Å²) in [4.78, 5) is 24.6. The molecule has 0 saturated carbocycles. The number of hydrogen-bond donors (Lipinski definition) is 0. The van der Waals surface area contributed by atoms with Crippen LogP contribution in [0.1, 0.15) is 6.92 Å². The maximum atomic E-state index is 11.4. The molecule has 2 heterocycles. The lowest BCUT2D eigenvalue weighted by Gasteiger charge is -2.05. The third kappa shape index (κ3) is 4.64.